The topological polar surface area (TPSA) is 46.5 Å². The van der Waals surface area contributed by atoms with E-state index in [0.717, 1.165) is 19.3 Å². The average molecular weight is 347 g/mol. The molecule has 0 bridgehead atoms. The van der Waals surface area contributed by atoms with Crippen LogP contribution in [-0.2, 0) is 9.53 Å². The predicted molar refractivity (Wildman–Crippen MR) is 102 cm³/mol. The molecule has 3 nitrogen and oxygen atoms in total. The van der Waals surface area contributed by atoms with Crippen molar-refractivity contribution in [2.24, 2.45) is 35.5 Å². The van der Waals surface area contributed by atoms with Gasteiger partial charge >= 0.3 is 5.97 Å². The molecule has 2 saturated carbocycles. The second kappa shape index (κ2) is 8.84. The van der Waals surface area contributed by atoms with Crippen LogP contribution in [0.3, 0.4) is 0 Å². The molecule has 0 saturated heterocycles. The summed E-state index contributed by atoms with van der Waals surface area (Å²) in [7, 11) is 1.39. The van der Waals surface area contributed by atoms with Crippen LogP contribution in [0.25, 0.3) is 0 Å². The van der Waals surface area contributed by atoms with Crippen molar-refractivity contribution in [3.8, 4) is 0 Å². The molecule has 0 spiro atoms. The lowest BCUT2D eigenvalue weighted by molar-refractivity contribution is -0.134. The van der Waals surface area contributed by atoms with E-state index < -0.39 is 0 Å². The van der Waals surface area contributed by atoms with Crippen molar-refractivity contribution >= 4 is 5.97 Å². The second-order valence-electron chi connectivity index (χ2n) is 7.98. The molecule has 2 aliphatic rings. The van der Waals surface area contributed by atoms with Crippen LogP contribution in [0.5, 0.6) is 0 Å². The van der Waals surface area contributed by atoms with Gasteiger partial charge in [-0.2, -0.15) is 0 Å². The Morgan fingerprint density at radius 3 is 2.52 bits per heavy atom. The fraction of sp³-hybridized carbons (Fsp3) is 0.682. The molecule has 7 atom stereocenters. The Hall–Kier alpha value is -1.35. The zero-order valence-corrected chi connectivity index (χ0v) is 16.3. The molecular formula is C22H34O3. The highest BCUT2D eigenvalue weighted by Gasteiger charge is 2.48. The van der Waals surface area contributed by atoms with Gasteiger partial charge in [0.05, 0.1) is 13.2 Å². The minimum absolute atomic E-state index is 0.169. The molecule has 1 N–H and O–H groups in total. The Balaban J connectivity index is 2.32. The SMILES string of the molecule is C/C=C(/C)C1[C@@H](/C=C/C=C/C(=O)OC)[C@H]2[C@@H](C[C@@H]1C)[C@@H](O)CC[C@@H]2C. The number of hydrogen-bond donors (Lipinski definition) is 1. The fourth-order valence-electron chi connectivity index (χ4n) is 5.28. The lowest BCUT2D eigenvalue weighted by atomic mass is 9.53. The number of carbonyl (C=O) groups is 1. The summed E-state index contributed by atoms with van der Waals surface area (Å²) in [5.74, 6) is 2.63. The van der Waals surface area contributed by atoms with E-state index >= 15 is 0 Å². The monoisotopic (exact) mass is 346 g/mol. The van der Waals surface area contributed by atoms with E-state index in [2.05, 4.69) is 44.6 Å². The minimum Gasteiger partial charge on any atom is -0.466 e. The molecule has 25 heavy (non-hydrogen) atoms. The summed E-state index contributed by atoms with van der Waals surface area (Å²) in [5.41, 5.74) is 1.44. The molecule has 0 aromatic carbocycles. The third-order valence-corrected chi connectivity index (χ3v) is 6.54. The number of aliphatic hydroxyl groups is 1. The van der Waals surface area contributed by atoms with E-state index in [1.54, 1.807) is 6.08 Å². The average Bonchev–Trinajstić information content (AvgIpc) is 2.60. The highest BCUT2D eigenvalue weighted by molar-refractivity contribution is 5.82. The smallest absolute Gasteiger partial charge is 0.330 e. The maximum Gasteiger partial charge on any atom is 0.330 e. The Morgan fingerprint density at radius 1 is 1.16 bits per heavy atom. The number of fused-ring (bicyclic) bond motifs is 1. The number of methoxy groups -OCH3 is 1. The van der Waals surface area contributed by atoms with Crippen molar-refractivity contribution < 1.29 is 14.6 Å². The quantitative estimate of drug-likeness (QED) is 0.352. The van der Waals surface area contributed by atoms with E-state index in [1.807, 2.05) is 6.08 Å². The zero-order chi connectivity index (χ0) is 18.6. The molecule has 0 radical (unpaired) electrons. The maximum atomic E-state index is 11.3. The Labute approximate surface area is 152 Å². The largest absolute Gasteiger partial charge is 0.466 e. The van der Waals surface area contributed by atoms with E-state index in [1.165, 1.54) is 18.8 Å². The first-order valence-electron chi connectivity index (χ1n) is 9.64. The predicted octanol–water partition coefficient (Wildman–Crippen LogP) is 4.53. The maximum absolute atomic E-state index is 11.3. The first kappa shape index (κ1) is 20.0. The van der Waals surface area contributed by atoms with E-state index in [9.17, 15) is 9.90 Å². The number of carbonyl (C=O) groups excluding carboxylic acids is 1. The van der Waals surface area contributed by atoms with Crippen LogP contribution in [-0.4, -0.2) is 24.3 Å². The third-order valence-electron chi connectivity index (χ3n) is 6.54. The molecule has 2 fully saturated rings. The number of rotatable bonds is 4. The Morgan fingerprint density at radius 2 is 1.88 bits per heavy atom. The van der Waals surface area contributed by atoms with Crippen LogP contribution in [0, 0.1) is 35.5 Å². The zero-order valence-electron chi connectivity index (χ0n) is 16.3. The molecule has 0 aliphatic heterocycles. The lowest BCUT2D eigenvalue weighted by Crippen LogP contribution is -2.48. The van der Waals surface area contributed by atoms with Crippen molar-refractivity contribution in [3.63, 3.8) is 0 Å². The third kappa shape index (κ3) is 4.44. The van der Waals surface area contributed by atoms with Crippen molar-refractivity contribution in [1.82, 2.24) is 0 Å². The van der Waals surface area contributed by atoms with Crippen molar-refractivity contribution in [1.29, 1.82) is 0 Å². The lowest BCUT2D eigenvalue weighted by Gasteiger charge is -2.52. The fourth-order valence-corrected chi connectivity index (χ4v) is 5.28. The van der Waals surface area contributed by atoms with Gasteiger partial charge in [0.25, 0.3) is 0 Å². The Bertz CT molecular complexity index is 545. The highest BCUT2D eigenvalue weighted by Crippen LogP contribution is 2.53. The van der Waals surface area contributed by atoms with Gasteiger partial charge in [0, 0.05) is 6.08 Å². The van der Waals surface area contributed by atoms with Crippen molar-refractivity contribution in [2.45, 2.75) is 53.1 Å². The molecule has 2 rings (SSSR count). The van der Waals surface area contributed by atoms with Crippen LogP contribution in [0.2, 0.25) is 0 Å². The normalized spacial score (nSPS) is 39.6. The van der Waals surface area contributed by atoms with Gasteiger partial charge in [0.2, 0.25) is 0 Å². The number of aliphatic hydroxyl groups excluding tert-OH is 1. The van der Waals surface area contributed by atoms with E-state index in [4.69, 9.17) is 0 Å². The van der Waals surface area contributed by atoms with Crippen LogP contribution < -0.4 is 0 Å². The molecule has 1 unspecified atom stereocenters. The summed E-state index contributed by atoms with van der Waals surface area (Å²) < 4.78 is 4.65. The molecular weight excluding hydrogens is 312 g/mol. The summed E-state index contributed by atoms with van der Waals surface area (Å²) in [6.45, 7) is 9.01. The summed E-state index contributed by atoms with van der Waals surface area (Å²) in [5, 5.41) is 10.6. The number of allylic oxidation sites excluding steroid dienone is 5. The summed E-state index contributed by atoms with van der Waals surface area (Å²) in [6.07, 6.45) is 12.7. The van der Waals surface area contributed by atoms with Gasteiger partial charge in [-0.3, -0.25) is 0 Å². The van der Waals surface area contributed by atoms with E-state index in [-0.39, 0.29) is 12.1 Å². The highest BCUT2D eigenvalue weighted by atomic mass is 16.5. The van der Waals surface area contributed by atoms with Gasteiger partial charge in [0.15, 0.2) is 0 Å². The minimum atomic E-state index is -0.331. The first-order valence-corrected chi connectivity index (χ1v) is 9.64. The van der Waals surface area contributed by atoms with E-state index in [0.29, 0.717) is 35.5 Å². The molecule has 0 heterocycles. The van der Waals surface area contributed by atoms with Gasteiger partial charge in [-0.1, -0.05) is 43.7 Å². The summed E-state index contributed by atoms with van der Waals surface area (Å²) in [4.78, 5) is 11.3. The molecule has 140 valence electrons. The molecule has 2 aliphatic carbocycles. The number of ether oxygens (including phenoxy) is 1. The van der Waals surface area contributed by atoms with Gasteiger partial charge in [-0.15, -0.1) is 0 Å². The van der Waals surface area contributed by atoms with Crippen molar-refractivity contribution in [2.75, 3.05) is 7.11 Å². The number of esters is 1. The van der Waals surface area contributed by atoms with Crippen molar-refractivity contribution in [3.05, 3.63) is 36.0 Å². The molecule has 0 amide bonds. The van der Waals surface area contributed by atoms with Gasteiger partial charge in [-0.05, 0) is 68.6 Å². The van der Waals surface area contributed by atoms with Crippen LogP contribution >= 0.6 is 0 Å². The Kier molecular flexibility index (Phi) is 7.06. The van der Waals surface area contributed by atoms with Gasteiger partial charge < -0.3 is 9.84 Å². The van der Waals surface area contributed by atoms with Crippen LogP contribution in [0.4, 0.5) is 0 Å². The summed E-state index contributed by atoms with van der Waals surface area (Å²) in [6, 6.07) is 0. The standard InChI is InChI=1S/C22H34O3/c1-6-14(2)21-16(4)13-18-19(23)12-11-15(3)22(18)17(21)9-7-8-10-20(24)25-5/h6-10,15-19,21-23H,11-13H2,1-5H3/b9-7+,10-8+,14-6-/t15-,16-,17+,18-,19-,21?,22-/m0/s1. The van der Waals surface area contributed by atoms with Crippen LogP contribution in [0.15, 0.2) is 36.0 Å². The first-order chi connectivity index (χ1) is 11.9. The summed E-state index contributed by atoms with van der Waals surface area (Å²) >= 11 is 0. The second-order valence-corrected chi connectivity index (χ2v) is 7.98. The number of hydrogen-bond acceptors (Lipinski definition) is 3. The molecule has 0 aromatic heterocycles. The van der Waals surface area contributed by atoms with Gasteiger partial charge in [0.1, 0.15) is 0 Å². The van der Waals surface area contributed by atoms with Gasteiger partial charge in [-0.25, -0.2) is 4.79 Å². The molecule has 3 heteroatoms. The van der Waals surface area contributed by atoms with Crippen LogP contribution in [0.1, 0.15) is 47.0 Å². The molecule has 0 aromatic rings.